The fourth-order valence-electron chi connectivity index (χ4n) is 1.38. The van der Waals surface area contributed by atoms with Crippen LogP contribution in [0.1, 0.15) is 37.1 Å². The van der Waals surface area contributed by atoms with E-state index < -0.39 is 12.3 Å². The van der Waals surface area contributed by atoms with Crippen LogP contribution in [0.3, 0.4) is 0 Å². The molecule has 1 atom stereocenters. The third kappa shape index (κ3) is 2.32. The normalized spacial score (nSPS) is 14.6. The first kappa shape index (κ1) is 13.3. The molecule has 0 radical (unpaired) electrons. The van der Waals surface area contributed by atoms with Crippen LogP contribution in [-0.4, -0.2) is 21.1 Å². The lowest BCUT2D eigenvalue weighted by Gasteiger charge is -2.16. The number of aryl methyl sites for hydroxylation is 1. The fraction of sp³-hybridized carbons (Fsp3) is 0.667. The van der Waals surface area contributed by atoms with Crippen LogP contribution in [-0.2, 0) is 7.05 Å². The highest BCUT2D eigenvalue weighted by Gasteiger charge is 2.43. The monoisotopic (exact) mass is 256 g/mol. The minimum atomic E-state index is -4.74. The predicted molar refractivity (Wildman–Crippen MR) is 53.3 cm³/mol. The van der Waals surface area contributed by atoms with Crippen molar-refractivity contribution in [3.63, 3.8) is 0 Å². The summed E-state index contributed by atoms with van der Waals surface area (Å²) < 4.78 is 38.4. The summed E-state index contributed by atoms with van der Waals surface area (Å²) >= 11 is 5.70. The van der Waals surface area contributed by atoms with Crippen LogP contribution in [0.25, 0.3) is 0 Å². The predicted octanol–water partition coefficient (Wildman–Crippen LogP) is 2.79. The summed E-state index contributed by atoms with van der Waals surface area (Å²) in [6.45, 7) is 3.37. The Morgan fingerprint density at radius 3 is 2.25 bits per heavy atom. The molecular weight excluding hydrogens is 245 g/mol. The van der Waals surface area contributed by atoms with Crippen LogP contribution in [0, 0.1) is 0 Å². The highest BCUT2D eigenvalue weighted by molar-refractivity contribution is 6.30. The van der Waals surface area contributed by atoms with Gasteiger partial charge in [0.05, 0.1) is 11.3 Å². The quantitative estimate of drug-likeness (QED) is 0.884. The largest absolute Gasteiger partial charge is 0.418 e. The average molecular weight is 257 g/mol. The molecule has 0 aliphatic carbocycles. The fourth-order valence-corrected chi connectivity index (χ4v) is 1.62. The van der Waals surface area contributed by atoms with Crippen molar-refractivity contribution < 1.29 is 18.3 Å². The van der Waals surface area contributed by atoms with Gasteiger partial charge in [0.1, 0.15) is 5.15 Å². The van der Waals surface area contributed by atoms with E-state index in [0.29, 0.717) is 0 Å². The third-order valence-corrected chi connectivity index (χ3v) is 2.62. The number of aromatic nitrogens is 2. The first-order valence-electron chi connectivity index (χ1n) is 4.63. The second-order valence-corrected chi connectivity index (χ2v) is 4.17. The molecule has 0 aliphatic rings. The van der Waals surface area contributed by atoms with Gasteiger partial charge in [0.15, 0.2) is 6.10 Å². The van der Waals surface area contributed by atoms with Crippen molar-refractivity contribution in [1.29, 1.82) is 0 Å². The molecule has 0 aromatic carbocycles. The van der Waals surface area contributed by atoms with Gasteiger partial charge in [-0.05, 0) is 5.92 Å². The topological polar surface area (TPSA) is 38.0 Å². The standard InChI is InChI=1S/C9H12ClF3N2O/c1-4(2)6-5(7(16)9(11,12)13)8(10)15(3)14-6/h4,7,16H,1-3H3. The van der Waals surface area contributed by atoms with Crippen LogP contribution < -0.4 is 0 Å². The summed E-state index contributed by atoms with van der Waals surface area (Å²) in [7, 11) is 1.43. The van der Waals surface area contributed by atoms with Crippen LogP contribution in [0.2, 0.25) is 5.15 Å². The maximum atomic E-state index is 12.4. The van der Waals surface area contributed by atoms with Crippen LogP contribution in [0.4, 0.5) is 13.2 Å². The molecule has 7 heteroatoms. The van der Waals surface area contributed by atoms with Gasteiger partial charge >= 0.3 is 6.18 Å². The van der Waals surface area contributed by atoms with E-state index in [1.165, 1.54) is 7.05 Å². The van der Waals surface area contributed by atoms with E-state index >= 15 is 0 Å². The minimum Gasteiger partial charge on any atom is -0.379 e. The van der Waals surface area contributed by atoms with Gasteiger partial charge in [0.2, 0.25) is 0 Å². The molecule has 1 rings (SSSR count). The van der Waals surface area contributed by atoms with Gasteiger partial charge < -0.3 is 5.11 Å². The van der Waals surface area contributed by atoms with E-state index in [0.717, 1.165) is 4.68 Å². The van der Waals surface area contributed by atoms with E-state index in [2.05, 4.69) is 5.10 Å². The number of hydrogen-bond donors (Lipinski definition) is 1. The Bertz CT molecular complexity index is 387. The lowest BCUT2D eigenvalue weighted by molar-refractivity contribution is -0.207. The maximum absolute atomic E-state index is 12.4. The summed E-state index contributed by atoms with van der Waals surface area (Å²) in [6, 6.07) is 0. The van der Waals surface area contributed by atoms with E-state index in [-0.39, 0.29) is 22.3 Å². The molecule has 0 spiro atoms. The van der Waals surface area contributed by atoms with Crippen LogP contribution in [0.5, 0.6) is 0 Å². The minimum absolute atomic E-state index is 0.164. The zero-order valence-electron chi connectivity index (χ0n) is 9.01. The van der Waals surface area contributed by atoms with E-state index in [1.54, 1.807) is 13.8 Å². The zero-order valence-corrected chi connectivity index (χ0v) is 9.76. The molecule has 1 heterocycles. The van der Waals surface area contributed by atoms with Gasteiger partial charge in [-0.1, -0.05) is 25.4 Å². The lowest BCUT2D eigenvalue weighted by atomic mass is 10.0. The number of nitrogens with zero attached hydrogens (tertiary/aromatic N) is 2. The van der Waals surface area contributed by atoms with E-state index in [9.17, 15) is 18.3 Å². The molecule has 0 saturated heterocycles. The molecule has 1 aromatic rings. The van der Waals surface area contributed by atoms with Crippen LogP contribution in [0.15, 0.2) is 0 Å². The van der Waals surface area contributed by atoms with Crippen molar-refractivity contribution in [2.24, 2.45) is 7.05 Å². The van der Waals surface area contributed by atoms with E-state index in [4.69, 9.17) is 11.6 Å². The second kappa shape index (κ2) is 4.25. The molecule has 0 saturated carbocycles. The Kier molecular flexibility index (Phi) is 3.54. The molecule has 3 nitrogen and oxygen atoms in total. The van der Waals surface area contributed by atoms with Gasteiger partial charge in [0.25, 0.3) is 0 Å². The summed E-state index contributed by atoms with van der Waals surface area (Å²) in [6.07, 6.45) is -7.33. The third-order valence-electron chi connectivity index (χ3n) is 2.17. The average Bonchev–Trinajstić information content (AvgIpc) is 2.41. The summed E-state index contributed by atoms with van der Waals surface area (Å²) in [5.74, 6) is -0.245. The number of halogens is 4. The van der Waals surface area contributed by atoms with E-state index in [1.807, 2.05) is 0 Å². The molecule has 0 bridgehead atoms. The molecule has 16 heavy (non-hydrogen) atoms. The van der Waals surface area contributed by atoms with Gasteiger partial charge in [-0.15, -0.1) is 0 Å². The zero-order chi connectivity index (χ0) is 12.7. The van der Waals surface area contributed by atoms with Crippen molar-refractivity contribution in [1.82, 2.24) is 9.78 Å². The first-order valence-corrected chi connectivity index (χ1v) is 5.01. The maximum Gasteiger partial charge on any atom is 0.418 e. The Morgan fingerprint density at radius 1 is 1.38 bits per heavy atom. The summed E-state index contributed by atoms with van der Waals surface area (Å²) in [5, 5.41) is 12.9. The lowest BCUT2D eigenvalue weighted by Crippen LogP contribution is -2.21. The summed E-state index contributed by atoms with van der Waals surface area (Å²) in [4.78, 5) is 0. The molecule has 0 amide bonds. The molecule has 0 fully saturated rings. The van der Waals surface area contributed by atoms with Gasteiger partial charge in [0, 0.05) is 7.05 Å². The first-order chi connectivity index (χ1) is 7.16. The second-order valence-electron chi connectivity index (χ2n) is 3.81. The number of rotatable bonds is 2. The summed E-state index contributed by atoms with van der Waals surface area (Å²) in [5.41, 5.74) is -0.191. The molecule has 1 aromatic heterocycles. The Morgan fingerprint density at radius 2 is 1.88 bits per heavy atom. The Balaban J connectivity index is 3.31. The van der Waals surface area contributed by atoms with Gasteiger partial charge in [-0.25, -0.2) is 0 Å². The SMILES string of the molecule is CC(C)c1nn(C)c(Cl)c1C(O)C(F)(F)F. The Hall–Kier alpha value is -0.750. The van der Waals surface area contributed by atoms with Crippen molar-refractivity contribution in [2.45, 2.75) is 32.0 Å². The van der Waals surface area contributed by atoms with Gasteiger partial charge in [-0.3, -0.25) is 4.68 Å². The molecule has 1 N–H and O–H groups in total. The Labute approximate surface area is 95.8 Å². The highest BCUT2D eigenvalue weighted by atomic mass is 35.5. The number of alkyl halides is 3. The van der Waals surface area contributed by atoms with Crippen molar-refractivity contribution >= 4 is 11.6 Å². The van der Waals surface area contributed by atoms with Crippen molar-refractivity contribution in [2.75, 3.05) is 0 Å². The number of aliphatic hydroxyl groups excluding tert-OH is 1. The van der Waals surface area contributed by atoms with Crippen LogP contribution >= 0.6 is 11.6 Å². The van der Waals surface area contributed by atoms with Gasteiger partial charge in [-0.2, -0.15) is 18.3 Å². The van der Waals surface area contributed by atoms with Crippen molar-refractivity contribution in [3.05, 3.63) is 16.4 Å². The number of aliphatic hydroxyl groups is 1. The smallest absolute Gasteiger partial charge is 0.379 e. The molecular formula is C9H12ClF3N2O. The molecule has 1 unspecified atom stereocenters. The highest BCUT2D eigenvalue weighted by Crippen LogP contribution is 2.39. The molecule has 92 valence electrons. The molecule has 0 aliphatic heterocycles. The van der Waals surface area contributed by atoms with Crippen molar-refractivity contribution in [3.8, 4) is 0 Å². The number of hydrogen-bond acceptors (Lipinski definition) is 2.